The Morgan fingerprint density at radius 1 is 1.14 bits per heavy atom. The largest absolute Gasteiger partial charge is 0.381 e. The van der Waals surface area contributed by atoms with Crippen LogP contribution in [-0.2, 0) is 10.2 Å². The van der Waals surface area contributed by atoms with Gasteiger partial charge in [-0.3, -0.25) is 9.78 Å². The van der Waals surface area contributed by atoms with Crippen molar-refractivity contribution >= 4 is 5.78 Å². The zero-order valence-electron chi connectivity index (χ0n) is 11.6. The number of benzene rings is 1. The molecule has 0 radical (unpaired) electrons. The molecule has 1 saturated heterocycles. The monoisotopic (exact) mass is 285 g/mol. The first-order valence-corrected chi connectivity index (χ1v) is 7.01. The number of nitrogens with zero attached hydrogens (tertiary/aromatic N) is 1. The van der Waals surface area contributed by atoms with Crippen LogP contribution in [0.15, 0.2) is 48.8 Å². The Bertz CT molecular complexity index is 636. The molecule has 2 heterocycles. The van der Waals surface area contributed by atoms with Gasteiger partial charge in [0, 0.05) is 25.0 Å². The predicted molar refractivity (Wildman–Crippen MR) is 76.7 cm³/mol. The van der Waals surface area contributed by atoms with Crippen molar-refractivity contribution in [1.29, 1.82) is 0 Å². The van der Waals surface area contributed by atoms with Crippen LogP contribution in [0.5, 0.6) is 0 Å². The maximum absolute atomic E-state index is 13.4. The molecule has 0 amide bonds. The van der Waals surface area contributed by atoms with Gasteiger partial charge < -0.3 is 4.74 Å². The third-order valence-electron chi connectivity index (χ3n) is 4.07. The highest BCUT2D eigenvalue weighted by Crippen LogP contribution is 2.37. The van der Waals surface area contributed by atoms with Crippen LogP contribution < -0.4 is 0 Å². The van der Waals surface area contributed by atoms with Gasteiger partial charge in [-0.15, -0.1) is 0 Å². The number of pyridine rings is 1. The second-order valence-electron chi connectivity index (χ2n) is 5.28. The van der Waals surface area contributed by atoms with Crippen molar-refractivity contribution in [2.45, 2.75) is 18.3 Å². The summed E-state index contributed by atoms with van der Waals surface area (Å²) in [7, 11) is 0. The smallest absolute Gasteiger partial charge is 0.175 e. The van der Waals surface area contributed by atoms with E-state index >= 15 is 0 Å². The summed E-state index contributed by atoms with van der Waals surface area (Å²) < 4.78 is 18.8. The maximum Gasteiger partial charge on any atom is 0.175 e. The Morgan fingerprint density at radius 3 is 2.52 bits per heavy atom. The standard InChI is InChI=1S/C17H16FNO2/c18-15-10-13(11-19-12-15)16(20)17(6-8-21-9-7-17)14-4-2-1-3-5-14/h1-5,10-12H,6-9H2. The summed E-state index contributed by atoms with van der Waals surface area (Å²) in [5.74, 6) is -0.569. The van der Waals surface area contributed by atoms with E-state index < -0.39 is 11.2 Å². The van der Waals surface area contributed by atoms with Gasteiger partial charge in [-0.25, -0.2) is 4.39 Å². The number of carbonyl (C=O) groups is 1. The average Bonchev–Trinajstić information content (AvgIpc) is 2.55. The summed E-state index contributed by atoms with van der Waals surface area (Å²) in [5, 5.41) is 0. The second-order valence-corrected chi connectivity index (χ2v) is 5.28. The third kappa shape index (κ3) is 2.59. The van der Waals surface area contributed by atoms with Crippen molar-refractivity contribution in [3.05, 3.63) is 65.7 Å². The number of hydrogen-bond donors (Lipinski definition) is 0. The van der Waals surface area contributed by atoms with Gasteiger partial charge in [0.05, 0.1) is 11.6 Å². The zero-order chi connectivity index (χ0) is 14.7. The van der Waals surface area contributed by atoms with Gasteiger partial charge in [0.2, 0.25) is 0 Å². The van der Waals surface area contributed by atoms with E-state index in [9.17, 15) is 9.18 Å². The minimum absolute atomic E-state index is 0.0796. The van der Waals surface area contributed by atoms with Crippen LogP contribution in [0.4, 0.5) is 4.39 Å². The molecule has 1 aromatic heterocycles. The lowest BCUT2D eigenvalue weighted by molar-refractivity contribution is 0.0423. The quantitative estimate of drug-likeness (QED) is 0.813. The molecule has 1 aliphatic rings. The van der Waals surface area contributed by atoms with E-state index in [1.54, 1.807) is 0 Å². The fourth-order valence-corrected chi connectivity index (χ4v) is 2.94. The summed E-state index contributed by atoms with van der Waals surface area (Å²) in [5.41, 5.74) is 0.637. The van der Waals surface area contributed by atoms with Gasteiger partial charge in [-0.05, 0) is 24.5 Å². The topological polar surface area (TPSA) is 39.2 Å². The highest BCUT2D eigenvalue weighted by Gasteiger charge is 2.42. The number of carbonyl (C=O) groups excluding carboxylic acids is 1. The van der Waals surface area contributed by atoms with Crippen LogP contribution in [0.1, 0.15) is 28.8 Å². The van der Waals surface area contributed by atoms with Crippen LogP contribution in [0.2, 0.25) is 0 Å². The Balaban J connectivity index is 2.06. The van der Waals surface area contributed by atoms with Crippen LogP contribution in [0, 0.1) is 5.82 Å². The number of aromatic nitrogens is 1. The lowest BCUT2D eigenvalue weighted by atomic mass is 9.69. The minimum atomic E-state index is -0.644. The van der Waals surface area contributed by atoms with Gasteiger partial charge in [0.15, 0.2) is 5.78 Å². The summed E-state index contributed by atoms with van der Waals surface area (Å²) in [6, 6.07) is 10.9. The molecule has 0 saturated carbocycles. The number of Topliss-reactive ketones (excluding diaryl/α,β-unsaturated/α-hetero) is 1. The summed E-state index contributed by atoms with van der Waals surface area (Å²) in [6.45, 7) is 1.06. The van der Waals surface area contributed by atoms with Crippen LogP contribution in [0.25, 0.3) is 0 Å². The first kappa shape index (κ1) is 13.9. The molecule has 3 rings (SSSR count). The van der Waals surface area contributed by atoms with Gasteiger partial charge in [-0.2, -0.15) is 0 Å². The van der Waals surface area contributed by atoms with E-state index in [-0.39, 0.29) is 5.78 Å². The van der Waals surface area contributed by atoms with Crippen LogP contribution in [0.3, 0.4) is 0 Å². The van der Waals surface area contributed by atoms with Crippen molar-refractivity contribution in [1.82, 2.24) is 4.98 Å². The van der Waals surface area contributed by atoms with Crippen molar-refractivity contribution in [3.8, 4) is 0 Å². The Kier molecular flexibility index (Phi) is 3.80. The zero-order valence-corrected chi connectivity index (χ0v) is 11.6. The molecule has 1 fully saturated rings. The Hall–Kier alpha value is -2.07. The molecular weight excluding hydrogens is 269 g/mol. The summed E-state index contributed by atoms with van der Waals surface area (Å²) in [6.07, 6.45) is 3.75. The number of halogens is 1. The molecular formula is C17H16FNO2. The van der Waals surface area contributed by atoms with E-state index in [2.05, 4.69) is 4.98 Å². The van der Waals surface area contributed by atoms with Crippen LogP contribution in [-0.4, -0.2) is 24.0 Å². The van der Waals surface area contributed by atoms with E-state index in [0.717, 1.165) is 11.8 Å². The lowest BCUT2D eigenvalue weighted by Crippen LogP contribution is -2.41. The van der Waals surface area contributed by atoms with E-state index in [1.165, 1.54) is 12.3 Å². The Labute approximate surface area is 122 Å². The molecule has 1 aliphatic heterocycles. The minimum Gasteiger partial charge on any atom is -0.381 e. The van der Waals surface area contributed by atoms with Crippen molar-refractivity contribution in [2.24, 2.45) is 0 Å². The van der Waals surface area contributed by atoms with Crippen molar-refractivity contribution in [3.63, 3.8) is 0 Å². The van der Waals surface area contributed by atoms with Gasteiger partial charge >= 0.3 is 0 Å². The molecule has 4 heteroatoms. The third-order valence-corrected chi connectivity index (χ3v) is 4.07. The fraction of sp³-hybridized carbons (Fsp3) is 0.294. The SMILES string of the molecule is O=C(c1cncc(F)c1)C1(c2ccccc2)CCOCC1. The van der Waals surface area contributed by atoms with E-state index in [0.29, 0.717) is 31.6 Å². The predicted octanol–water partition coefficient (Wildman–Crippen LogP) is 3.15. The Morgan fingerprint density at radius 2 is 1.86 bits per heavy atom. The van der Waals surface area contributed by atoms with E-state index in [1.807, 2.05) is 30.3 Å². The highest BCUT2D eigenvalue weighted by atomic mass is 19.1. The normalized spacial score (nSPS) is 17.4. The van der Waals surface area contributed by atoms with Gasteiger partial charge in [0.1, 0.15) is 5.82 Å². The van der Waals surface area contributed by atoms with E-state index in [4.69, 9.17) is 4.74 Å². The number of hydrogen-bond acceptors (Lipinski definition) is 3. The molecule has 0 bridgehead atoms. The molecule has 0 spiro atoms. The highest BCUT2D eigenvalue weighted by molar-refractivity contribution is 6.04. The van der Waals surface area contributed by atoms with Crippen LogP contribution >= 0.6 is 0 Å². The first-order valence-electron chi connectivity index (χ1n) is 7.01. The molecule has 0 atom stereocenters. The molecule has 108 valence electrons. The number of ether oxygens (including phenoxy) is 1. The van der Waals surface area contributed by atoms with Gasteiger partial charge in [0.25, 0.3) is 0 Å². The average molecular weight is 285 g/mol. The molecule has 0 aliphatic carbocycles. The number of ketones is 1. The summed E-state index contributed by atoms with van der Waals surface area (Å²) >= 11 is 0. The van der Waals surface area contributed by atoms with Crippen molar-refractivity contribution in [2.75, 3.05) is 13.2 Å². The molecule has 21 heavy (non-hydrogen) atoms. The molecule has 3 nitrogen and oxygen atoms in total. The number of rotatable bonds is 3. The molecule has 0 N–H and O–H groups in total. The van der Waals surface area contributed by atoms with Gasteiger partial charge in [-0.1, -0.05) is 30.3 Å². The summed E-state index contributed by atoms with van der Waals surface area (Å²) in [4.78, 5) is 16.8. The molecule has 1 aromatic carbocycles. The lowest BCUT2D eigenvalue weighted by Gasteiger charge is -2.36. The fourth-order valence-electron chi connectivity index (χ4n) is 2.94. The van der Waals surface area contributed by atoms with Crippen molar-refractivity contribution < 1.29 is 13.9 Å². The first-order chi connectivity index (χ1) is 10.2. The molecule has 2 aromatic rings. The second kappa shape index (κ2) is 5.74. The molecule has 0 unspecified atom stereocenters. The maximum atomic E-state index is 13.4.